The van der Waals surface area contributed by atoms with E-state index in [1.807, 2.05) is 36.6 Å². The molecule has 1 heterocycles. The Kier molecular flexibility index (Phi) is 3.28. The smallest absolute Gasteiger partial charge is 0.305 e. The minimum Gasteiger partial charge on any atom is -0.495 e. The van der Waals surface area contributed by atoms with E-state index >= 15 is 0 Å². The molecule has 0 aliphatic rings. The van der Waals surface area contributed by atoms with Crippen LogP contribution in [0.5, 0.6) is 5.75 Å². The summed E-state index contributed by atoms with van der Waals surface area (Å²) in [7, 11) is 1.63. The zero-order valence-corrected chi connectivity index (χ0v) is 10.9. The van der Waals surface area contributed by atoms with Gasteiger partial charge >= 0.3 is 5.97 Å². The van der Waals surface area contributed by atoms with Gasteiger partial charge in [0.15, 0.2) is 0 Å². The summed E-state index contributed by atoms with van der Waals surface area (Å²) >= 11 is 0. The second-order valence-electron chi connectivity index (χ2n) is 4.36. The average molecular weight is 247 g/mol. The number of methoxy groups -OCH3 is 1. The molecule has 1 aromatic heterocycles. The van der Waals surface area contributed by atoms with Gasteiger partial charge in [-0.2, -0.15) is 0 Å². The molecule has 2 aromatic rings. The lowest BCUT2D eigenvalue weighted by molar-refractivity contribution is -0.137. The number of hydrogen-bond donors (Lipinski definition) is 1. The van der Waals surface area contributed by atoms with Gasteiger partial charge < -0.3 is 14.4 Å². The monoisotopic (exact) mass is 247 g/mol. The zero-order valence-electron chi connectivity index (χ0n) is 10.9. The fraction of sp³-hybridized carbons (Fsp3) is 0.357. The van der Waals surface area contributed by atoms with E-state index < -0.39 is 5.97 Å². The van der Waals surface area contributed by atoms with Crippen LogP contribution >= 0.6 is 0 Å². The van der Waals surface area contributed by atoms with Gasteiger partial charge in [0.05, 0.1) is 19.0 Å². The fourth-order valence-electron chi connectivity index (χ4n) is 2.32. The van der Waals surface area contributed by atoms with Gasteiger partial charge in [-0.05, 0) is 25.5 Å². The molecule has 0 spiro atoms. The van der Waals surface area contributed by atoms with Crippen molar-refractivity contribution < 1.29 is 14.6 Å². The maximum absolute atomic E-state index is 10.7. The van der Waals surface area contributed by atoms with Crippen molar-refractivity contribution in [1.29, 1.82) is 0 Å². The van der Waals surface area contributed by atoms with Crippen molar-refractivity contribution in [2.24, 2.45) is 0 Å². The Labute approximate surface area is 106 Å². The molecule has 0 saturated carbocycles. The first-order valence-electron chi connectivity index (χ1n) is 5.90. The lowest BCUT2D eigenvalue weighted by Gasteiger charge is -2.09. The van der Waals surface area contributed by atoms with Crippen LogP contribution in [0.25, 0.3) is 10.9 Å². The molecule has 1 aromatic carbocycles. The van der Waals surface area contributed by atoms with Gasteiger partial charge in [-0.25, -0.2) is 0 Å². The van der Waals surface area contributed by atoms with E-state index in [9.17, 15) is 4.79 Å². The van der Waals surface area contributed by atoms with Crippen LogP contribution in [0, 0.1) is 13.8 Å². The Morgan fingerprint density at radius 2 is 2.11 bits per heavy atom. The molecule has 4 heteroatoms. The standard InChI is InChI=1S/C14H17NO3/c1-9-10(2)15(8-7-13(16)17)14-11(9)5-4-6-12(14)18-3/h4-6H,7-8H2,1-3H3,(H,16,17). The summed E-state index contributed by atoms with van der Waals surface area (Å²) in [6.45, 7) is 4.52. The fourth-order valence-corrected chi connectivity index (χ4v) is 2.32. The van der Waals surface area contributed by atoms with E-state index in [1.54, 1.807) is 7.11 Å². The van der Waals surface area contributed by atoms with Crippen molar-refractivity contribution in [2.45, 2.75) is 26.8 Å². The molecule has 2 rings (SSSR count). The predicted octanol–water partition coefficient (Wildman–Crippen LogP) is 2.74. The normalized spacial score (nSPS) is 10.8. The van der Waals surface area contributed by atoms with Gasteiger partial charge in [-0.15, -0.1) is 0 Å². The topological polar surface area (TPSA) is 51.5 Å². The Balaban J connectivity index is 2.62. The molecule has 0 radical (unpaired) electrons. The number of carboxylic acid groups (broad SMARTS) is 1. The lowest BCUT2D eigenvalue weighted by Crippen LogP contribution is -2.06. The van der Waals surface area contributed by atoms with Crippen molar-refractivity contribution in [3.05, 3.63) is 29.5 Å². The van der Waals surface area contributed by atoms with Crippen LogP contribution in [0.2, 0.25) is 0 Å². The minimum absolute atomic E-state index is 0.113. The molecular formula is C14H17NO3. The molecule has 0 aliphatic carbocycles. The number of carboxylic acids is 1. The van der Waals surface area contributed by atoms with Crippen molar-refractivity contribution in [3.8, 4) is 5.75 Å². The van der Waals surface area contributed by atoms with Crippen LogP contribution in [0.15, 0.2) is 18.2 Å². The van der Waals surface area contributed by atoms with Crippen LogP contribution in [0.4, 0.5) is 0 Å². The number of aryl methyl sites for hydroxylation is 2. The van der Waals surface area contributed by atoms with Gasteiger partial charge in [0.2, 0.25) is 0 Å². The third-order valence-corrected chi connectivity index (χ3v) is 3.39. The quantitative estimate of drug-likeness (QED) is 0.903. The van der Waals surface area contributed by atoms with Crippen LogP contribution < -0.4 is 4.74 Å². The van der Waals surface area contributed by atoms with Crippen LogP contribution in [0.1, 0.15) is 17.7 Å². The zero-order chi connectivity index (χ0) is 13.3. The van der Waals surface area contributed by atoms with Crippen molar-refractivity contribution >= 4 is 16.9 Å². The van der Waals surface area contributed by atoms with E-state index in [4.69, 9.17) is 9.84 Å². The van der Waals surface area contributed by atoms with E-state index in [2.05, 4.69) is 0 Å². The molecule has 4 nitrogen and oxygen atoms in total. The first-order chi connectivity index (χ1) is 8.56. The summed E-state index contributed by atoms with van der Waals surface area (Å²) in [5.74, 6) is -0.00195. The lowest BCUT2D eigenvalue weighted by atomic mass is 10.1. The Hall–Kier alpha value is -1.97. The third kappa shape index (κ3) is 1.94. The van der Waals surface area contributed by atoms with Crippen molar-refractivity contribution in [3.63, 3.8) is 0 Å². The number of rotatable bonds is 4. The number of hydrogen-bond acceptors (Lipinski definition) is 2. The van der Waals surface area contributed by atoms with Crippen LogP contribution in [-0.4, -0.2) is 22.8 Å². The van der Waals surface area contributed by atoms with Gasteiger partial charge in [0.1, 0.15) is 5.75 Å². The summed E-state index contributed by atoms with van der Waals surface area (Å²) in [6, 6.07) is 5.89. The molecule has 0 bridgehead atoms. The molecule has 0 saturated heterocycles. The number of ether oxygens (including phenoxy) is 1. The number of fused-ring (bicyclic) bond motifs is 1. The highest BCUT2D eigenvalue weighted by Crippen LogP contribution is 2.32. The number of aliphatic carboxylic acids is 1. The summed E-state index contributed by atoms with van der Waals surface area (Å²) in [5, 5.41) is 9.95. The summed E-state index contributed by atoms with van der Waals surface area (Å²) in [4.78, 5) is 10.7. The second kappa shape index (κ2) is 4.72. The van der Waals surface area contributed by atoms with Crippen LogP contribution in [-0.2, 0) is 11.3 Å². The van der Waals surface area contributed by atoms with Gasteiger partial charge in [0, 0.05) is 17.6 Å². The molecule has 0 unspecified atom stereocenters. The van der Waals surface area contributed by atoms with Gasteiger partial charge in [-0.3, -0.25) is 4.79 Å². The first-order valence-corrected chi connectivity index (χ1v) is 5.90. The SMILES string of the molecule is COc1cccc2c(C)c(C)n(CCC(=O)O)c12. The number of aromatic nitrogens is 1. The van der Waals surface area contributed by atoms with E-state index in [1.165, 1.54) is 5.56 Å². The Morgan fingerprint density at radius 1 is 1.39 bits per heavy atom. The minimum atomic E-state index is -0.788. The largest absolute Gasteiger partial charge is 0.495 e. The molecular weight excluding hydrogens is 230 g/mol. The number of benzene rings is 1. The maximum atomic E-state index is 10.7. The average Bonchev–Trinajstić information content (AvgIpc) is 2.60. The molecule has 0 fully saturated rings. The molecule has 96 valence electrons. The molecule has 18 heavy (non-hydrogen) atoms. The summed E-state index contributed by atoms with van der Waals surface area (Å²) in [6.07, 6.45) is 0.113. The van der Waals surface area contributed by atoms with Crippen molar-refractivity contribution in [1.82, 2.24) is 4.57 Å². The maximum Gasteiger partial charge on any atom is 0.305 e. The first kappa shape index (κ1) is 12.5. The van der Waals surface area contributed by atoms with Gasteiger partial charge in [-0.1, -0.05) is 12.1 Å². The van der Waals surface area contributed by atoms with E-state index in [-0.39, 0.29) is 6.42 Å². The number of carbonyl (C=O) groups is 1. The van der Waals surface area contributed by atoms with E-state index in [0.29, 0.717) is 6.54 Å². The highest BCUT2D eigenvalue weighted by Gasteiger charge is 2.14. The highest BCUT2D eigenvalue weighted by molar-refractivity contribution is 5.90. The third-order valence-electron chi connectivity index (χ3n) is 3.39. The molecule has 0 atom stereocenters. The van der Waals surface area contributed by atoms with Crippen LogP contribution in [0.3, 0.4) is 0 Å². The molecule has 0 amide bonds. The summed E-state index contributed by atoms with van der Waals surface area (Å²) < 4.78 is 7.40. The Bertz CT molecular complexity index is 599. The highest BCUT2D eigenvalue weighted by atomic mass is 16.5. The van der Waals surface area contributed by atoms with Gasteiger partial charge in [0.25, 0.3) is 0 Å². The number of para-hydroxylation sites is 1. The summed E-state index contributed by atoms with van der Waals surface area (Å²) in [5.41, 5.74) is 3.25. The Morgan fingerprint density at radius 3 is 2.72 bits per heavy atom. The molecule has 0 aliphatic heterocycles. The number of nitrogens with zero attached hydrogens (tertiary/aromatic N) is 1. The van der Waals surface area contributed by atoms with E-state index in [0.717, 1.165) is 22.3 Å². The molecule has 1 N–H and O–H groups in total. The predicted molar refractivity (Wildman–Crippen MR) is 70.2 cm³/mol. The second-order valence-corrected chi connectivity index (χ2v) is 4.36. The van der Waals surface area contributed by atoms with Crippen molar-refractivity contribution in [2.75, 3.05) is 7.11 Å².